The second-order valence-electron chi connectivity index (χ2n) is 3.93. The highest BCUT2D eigenvalue weighted by molar-refractivity contribution is 5.60. The predicted molar refractivity (Wildman–Crippen MR) is 72.8 cm³/mol. The quantitative estimate of drug-likeness (QED) is 0.622. The molecule has 5 nitrogen and oxygen atoms in total. The van der Waals surface area contributed by atoms with Crippen molar-refractivity contribution >= 4 is 12.2 Å². The van der Waals surface area contributed by atoms with Crippen molar-refractivity contribution in [1.29, 1.82) is 5.26 Å². The molecule has 19 heavy (non-hydrogen) atoms. The lowest BCUT2D eigenvalue weighted by molar-refractivity contribution is 0.343. The van der Waals surface area contributed by atoms with Gasteiger partial charge in [-0.3, -0.25) is 0 Å². The minimum atomic E-state index is 0.414. The highest BCUT2D eigenvalue weighted by Gasteiger charge is 2.10. The molecule has 96 valence electrons. The van der Waals surface area contributed by atoms with Crippen molar-refractivity contribution in [2.45, 2.75) is 13.8 Å². The number of hydrogen-bond donors (Lipinski definition) is 0. The number of rotatable bonds is 4. The zero-order chi connectivity index (χ0) is 13.7. The Labute approximate surface area is 111 Å². The maximum Gasteiger partial charge on any atom is 0.176 e. The first-order chi connectivity index (χ1) is 9.26. The summed E-state index contributed by atoms with van der Waals surface area (Å²) in [5, 5.41) is 13.3. The van der Waals surface area contributed by atoms with Gasteiger partial charge in [0.2, 0.25) is 0 Å². The van der Waals surface area contributed by atoms with Gasteiger partial charge in [-0.05, 0) is 31.5 Å². The fourth-order valence-corrected chi connectivity index (χ4v) is 1.66. The van der Waals surface area contributed by atoms with Crippen LogP contribution in [0.5, 0.6) is 0 Å². The molecule has 0 bridgehead atoms. The molecule has 2 rings (SSSR count). The second-order valence-corrected chi connectivity index (χ2v) is 3.93. The molecule has 5 heteroatoms. The van der Waals surface area contributed by atoms with E-state index >= 15 is 0 Å². The molecular formula is C14H14N4O. The van der Waals surface area contributed by atoms with Gasteiger partial charge in [-0.15, -0.1) is 0 Å². The van der Waals surface area contributed by atoms with Gasteiger partial charge < -0.3 is 4.74 Å². The molecule has 0 radical (unpaired) electrons. The van der Waals surface area contributed by atoms with E-state index in [4.69, 9.17) is 10.00 Å². The minimum absolute atomic E-state index is 0.414. The monoisotopic (exact) mass is 254 g/mol. The summed E-state index contributed by atoms with van der Waals surface area (Å²) < 4.78 is 6.70. The maximum absolute atomic E-state index is 9.07. The lowest BCUT2D eigenvalue weighted by atomic mass is 10.2. The Morgan fingerprint density at radius 1 is 1.53 bits per heavy atom. The van der Waals surface area contributed by atoms with Gasteiger partial charge in [-0.1, -0.05) is 12.1 Å². The van der Waals surface area contributed by atoms with Crippen LogP contribution in [-0.4, -0.2) is 22.8 Å². The van der Waals surface area contributed by atoms with Crippen molar-refractivity contribution in [2.24, 2.45) is 4.99 Å². The van der Waals surface area contributed by atoms with Crippen LogP contribution in [-0.2, 0) is 4.74 Å². The lowest BCUT2D eigenvalue weighted by Gasteiger charge is -2.05. The summed E-state index contributed by atoms with van der Waals surface area (Å²) in [4.78, 5) is 4.16. The van der Waals surface area contributed by atoms with Crippen LogP contribution in [0.2, 0.25) is 0 Å². The van der Waals surface area contributed by atoms with E-state index in [0.717, 1.165) is 11.3 Å². The van der Waals surface area contributed by atoms with Gasteiger partial charge in [-0.25, -0.2) is 4.68 Å². The van der Waals surface area contributed by atoms with Crippen LogP contribution in [0.25, 0.3) is 5.69 Å². The molecule has 0 fully saturated rings. The first kappa shape index (κ1) is 12.8. The van der Waals surface area contributed by atoms with Crippen molar-refractivity contribution in [3.63, 3.8) is 0 Å². The fourth-order valence-electron chi connectivity index (χ4n) is 1.66. The van der Waals surface area contributed by atoms with E-state index in [1.54, 1.807) is 4.68 Å². The molecule has 0 aliphatic rings. The molecule has 0 atom stereocenters. The largest absolute Gasteiger partial charge is 0.483 e. The molecule has 0 amide bonds. The summed E-state index contributed by atoms with van der Waals surface area (Å²) in [5.74, 6) is 0.474. The Hall–Kier alpha value is -2.61. The predicted octanol–water partition coefficient (Wildman–Crippen LogP) is 2.75. The normalized spacial score (nSPS) is 10.6. The van der Waals surface area contributed by atoms with Gasteiger partial charge in [0.1, 0.15) is 11.6 Å². The molecule has 0 saturated carbocycles. The Morgan fingerprint density at radius 3 is 3.05 bits per heavy atom. The van der Waals surface area contributed by atoms with Gasteiger partial charge in [0.25, 0.3) is 0 Å². The highest BCUT2D eigenvalue weighted by atomic mass is 16.5. The van der Waals surface area contributed by atoms with E-state index in [1.165, 1.54) is 12.6 Å². The number of hydrogen-bond acceptors (Lipinski definition) is 4. The highest BCUT2D eigenvalue weighted by Crippen LogP contribution is 2.22. The zero-order valence-corrected chi connectivity index (χ0v) is 10.9. The smallest absolute Gasteiger partial charge is 0.176 e. The number of aromatic nitrogens is 2. The first-order valence-corrected chi connectivity index (χ1v) is 5.95. The Morgan fingerprint density at radius 2 is 2.37 bits per heavy atom. The van der Waals surface area contributed by atoms with Crippen LogP contribution in [0.1, 0.15) is 18.1 Å². The molecule has 0 aliphatic carbocycles. The maximum atomic E-state index is 9.07. The molecule has 1 heterocycles. The number of nitriles is 1. The zero-order valence-electron chi connectivity index (χ0n) is 10.9. The van der Waals surface area contributed by atoms with E-state index in [9.17, 15) is 0 Å². The number of nitrogens with zero attached hydrogens (tertiary/aromatic N) is 4. The summed E-state index contributed by atoms with van der Waals surface area (Å²) in [6.07, 6.45) is 2.84. The summed E-state index contributed by atoms with van der Waals surface area (Å²) in [7, 11) is 0. The number of benzene rings is 1. The van der Waals surface area contributed by atoms with Gasteiger partial charge in [0.05, 0.1) is 18.5 Å². The fraction of sp³-hybridized carbons (Fsp3) is 0.214. The van der Waals surface area contributed by atoms with Crippen LogP contribution >= 0.6 is 0 Å². The van der Waals surface area contributed by atoms with E-state index < -0.39 is 0 Å². The summed E-state index contributed by atoms with van der Waals surface area (Å²) >= 11 is 0. The molecule has 0 aliphatic heterocycles. The van der Waals surface area contributed by atoms with Crippen LogP contribution in [0, 0.1) is 18.3 Å². The van der Waals surface area contributed by atoms with E-state index in [-0.39, 0.29) is 0 Å². The van der Waals surface area contributed by atoms with E-state index in [2.05, 4.69) is 16.2 Å². The summed E-state index contributed by atoms with van der Waals surface area (Å²) in [6.45, 7) is 4.40. The Kier molecular flexibility index (Phi) is 3.94. The third-order valence-electron chi connectivity index (χ3n) is 2.53. The van der Waals surface area contributed by atoms with Crippen molar-refractivity contribution in [2.75, 3.05) is 6.61 Å². The van der Waals surface area contributed by atoms with E-state index in [1.807, 2.05) is 38.1 Å². The average molecular weight is 254 g/mol. The van der Waals surface area contributed by atoms with Crippen LogP contribution in [0.15, 0.2) is 35.5 Å². The number of aryl methyl sites for hydroxylation is 1. The van der Waals surface area contributed by atoms with Gasteiger partial charge in [0, 0.05) is 0 Å². The molecule has 0 N–H and O–H groups in total. The molecule has 1 aromatic heterocycles. The first-order valence-electron chi connectivity index (χ1n) is 5.95. The average Bonchev–Trinajstić information content (AvgIpc) is 2.82. The number of aliphatic imine (C=N–C) groups is 1. The molecule has 2 aromatic rings. The molecular weight excluding hydrogens is 240 g/mol. The lowest BCUT2D eigenvalue weighted by Crippen LogP contribution is -1.96. The van der Waals surface area contributed by atoms with Gasteiger partial charge in [0.15, 0.2) is 12.2 Å². The van der Waals surface area contributed by atoms with Crippen LogP contribution in [0.4, 0.5) is 5.82 Å². The van der Waals surface area contributed by atoms with Crippen LogP contribution in [0.3, 0.4) is 0 Å². The molecule has 0 saturated heterocycles. The van der Waals surface area contributed by atoms with Gasteiger partial charge in [-0.2, -0.15) is 15.4 Å². The minimum Gasteiger partial charge on any atom is -0.483 e. The van der Waals surface area contributed by atoms with Crippen molar-refractivity contribution in [3.05, 3.63) is 41.6 Å². The van der Waals surface area contributed by atoms with Gasteiger partial charge >= 0.3 is 0 Å². The van der Waals surface area contributed by atoms with E-state index in [0.29, 0.717) is 18.0 Å². The topological polar surface area (TPSA) is 63.2 Å². The number of ether oxygens (including phenoxy) is 1. The Balaban J connectivity index is 2.46. The van der Waals surface area contributed by atoms with Crippen molar-refractivity contribution < 1.29 is 4.74 Å². The van der Waals surface area contributed by atoms with Crippen molar-refractivity contribution in [3.8, 4) is 11.8 Å². The molecule has 1 aromatic carbocycles. The second kappa shape index (κ2) is 5.83. The standard InChI is InChI=1S/C14H14N4O/c1-3-19-10-16-14-12(8-15)9-17-18(14)13-6-4-5-11(2)7-13/h4-7,9-10H,3H2,1-2H3. The van der Waals surface area contributed by atoms with Crippen molar-refractivity contribution in [1.82, 2.24) is 9.78 Å². The molecule has 0 spiro atoms. The third kappa shape index (κ3) is 2.80. The third-order valence-corrected chi connectivity index (χ3v) is 2.53. The summed E-state index contributed by atoms with van der Waals surface area (Å²) in [6, 6.07) is 9.91. The molecule has 0 unspecified atom stereocenters. The Bertz CT molecular complexity index is 637. The summed E-state index contributed by atoms with van der Waals surface area (Å²) in [5.41, 5.74) is 2.40. The SMILES string of the molecule is CCOC=Nc1c(C#N)cnn1-c1cccc(C)c1. The van der Waals surface area contributed by atoms with Crippen LogP contribution < -0.4 is 0 Å².